The van der Waals surface area contributed by atoms with Gasteiger partial charge in [0.15, 0.2) is 5.84 Å². The molecule has 6 nitrogen and oxygen atoms in total. The van der Waals surface area contributed by atoms with E-state index in [1.807, 2.05) is 24.1 Å². The van der Waals surface area contributed by atoms with E-state index in [-0.39, 0.29) is 5.84 Å². The van der Waals surface area contributed by atoms with Crippen molar-refractivity contribution in [1.29, 1.82) is 0 Å². The number of anilines is 1. The van der Waals surface area contributed by atoms with Crippen LogP contribution in [0.4, 0.5) is 5.82 Å². The molecular weight excluding hydrogens is 254 g/mol. The van der Waals surface area contributed by atoms with Crippen LogP contribution in [0.25, 0.3) is 0 Å². The van der Waals surface area contributed by atoms with Crippen molar-refractivity contribution in [2.75, 3.05) is 11.9 Å². The number of rotatable bonds is 4. The van der Waals surface area contributed by atoms with Gasteiger partial charge in [0.1, 0.15) is 11.5 Å². The van der Waals surface area contributed by atoms with Crippen LogP contribution in [-0.2, 0) is 6.54 Å². The smallest absolute Gasteiger partial charge is 0.190 e. The average Bonchev–Trinajstić information content (AvgIpc) is 2.49. The Morgan fingerprint density at radius 2 is 2.05 bits per heavy atom. The molecule has 0 saturated carbocycles. The van der Waals surface area contributed by atoms with Gasteiger partial charge in [0.25, 0.3) is 0 Å². The first-order valence-electron chi connectivity index (χ1n) is 6.17. The van der Waals surface area contributed by atoms with E-state index in [0.717, 1.165) is 12.4 Å². The number of aromatic nitrogens is 2. The molecule has 0 unspecified atom stereocenters. The Kier molecular flexibility index (Phi) is 4.14. The highest BCUT2D eigenvalue weighted by Gasteiger charge is 2.07. The Hall–Kier alpha value is -2.63. The third-order valence-electron chi connectivity index (χ3n) is 3.07. The van der Waals surface area contributed by atoms with E-state index in [2.05, 4.69) is 34.2 Å². The average molecular weight is 271 g/mol. The lowest BCUT2D eigenvalue weighted by Crippen LogP contribution is -2.20. The predicted molar refractivity (Wildman–Crippen MR) is 77.8 cm³/mol. The van der Waals surface area contributed by atoms with Crippen molar-refractivity contribution in [2.24, 2.45) is 10.9 Å². The summed E-state index contributed by atoms with van der Waals surface area (Å²) in [6, 6.07) is 8.20. The molecule has 0 aliphatic rings. The van der Waals surface area contributed by atoms with E-state index in [0.29, 0.717) is 5.69 Å². The first kappa shape index (κ1) is 13.8. The Morgan fingerprint density at radius 3 is 2.65 bits per heavy atom. The second-order valence-electron chi connectivity index (χ2n) is 4.53. The van der Waals surface area contributed by atoms with E-state index in [1.54, 1.807) is 6.20 Å². The zero-order valence-electron chi connectivity index (χ0n) is 11.5. The summed E-state index contributed by atoms with van der Waals surface area (Å²) in [5.74, 6) is 0.674. The highest BCUT2D eigenvalue weighted by molar-refractivity contribution is 5.94. The van der Waals surface area contributed by atoms with Crippen LogP contribution in [0.3, 0.4) is 0 Å². The highest BCUT2D eigenvalue weighted by Crippen LogP contribution is 2.14. The summed E-state index contributed by atoms with van der Waals surface area (Å²) < 4.78 is 0. The molecule has 1 aromatic carbocycles. The lowest BCUT2D eigenvalue weighted by molar-refractivity contribution is 0.318. The normalized spacial score (nSPS) is 11.4. The summed E-state index contributed by atoms with van der Waals surface area (Å²) >= 11 is 0. The maximum atomic E-state index is 8.58. The van der Waals surface area contributed by atoms with Crippen molar-refractivity contribution in [1.82, 2.24) is 9.97 Å². The number of nitrogens with two attached hydrogens (primary N) is 1. The van der Waals surface area contributed by atoms with E-state index in [9.17, 15) is 0 Å². The number of hydrogen-bond acceptors (Lipinski definition) is 5. The van der Waals surface area contributed by atoms with Crippen molar-refractivity contribution in [2.45, 2.75) is 13.5 Å². The second kappa shape index (κ2) is 6.01. The Bertz CT molecular complexity index is 609. The summed E-state index contributed by atoms with van der Waals surface area (Å²) in [6.07, 6.45) is 3.09. The molecular formula is C14H17N5O. The van der Waals surface area contributed by atoms with E-state index >= 15 is 0 Å². The van der Waals surface area contributed by atoms with Crippen LogP contribution in [0.15, 0.2) is 41.8 Å². The lowest BCUT2D eigenvalue weighted by Gasteiger charge is -2.19. The first-order chi connectivity index (χ1) is 9.61. The highest BCUT2D eigenvalue weighted by atomic mass is 16.4. The molecule has 0 fully saturated rings. The minimum absolute atomic E-state index is 0.0504. The molecule has 2 rings (SSSR count). The summed E-state index contributed by atoms with van der Waals surface area (Å²) in [7, 11) is 1.94. The summed E-state index contributed by atoms with van der Waals surface area (Å²) in [5.41, 5.74) is 8.27. The van der Waals surface area contributed by atoms with Gasteiger partial charge in [-0.3, -0.25) is 0 Å². The van der Waals surface area contributed by atoms with Crippen LogP contribution in [0.2, 0.25) is 0 Å². The van der Waals surface area contributed by atoms with Crippen LogP contribution in [0.5, 0.6) is 0 Å². The molecule has 104 valence electrons. The molecule has 6 heteroatoms. The quantitative estimate of drug-likeness (QED) is 0.381. The van der Waals surface area contributed by atoms with Gasteiger partial charge in [0, 0.05) is 13.6 Å². The van der Waals surface area contributed by atoms with Crippen LogP contribution in [0.1, 0.15) is 16.8 Å². The third kappa shape index (κ3) is 3.03. The number of nitrogens with zero attached hydrogens (tertiary/aromatic N) is 4. The zero-order chi connectivity index (χ0) is 14.5. The summed E-state index contributed by atoms with van der Waals surface area (Å²) in [6.45, 7) is 2.82. The van der Waals surface area contributed by atoms with Gasteiger partial charge in [0.05, 0.1) is 12.4 Å². The fourth-order valence-corrected chi connectivity index (χ4v) is 1.83. The molecule has 0 radical (unpaired) electrons. The molecule has 0 aliphatic carbocycles. The van der Waals surface area contributed by atoms with Gasteiger partial charge in [-0.2, -0.15) is 0 Å². The number of oxime groups is 1. The van der Waals surface area contributed by atoms with Crippen LogP contribution in [-0.4, -0.2) is 28.1 Å². The summed E-state index contributed by atoms with van der Waals surface area (Å²) in [4.78, 5) is 10.4. The van der Waals surface area contributed by atoms with Crippen molar-refractivity contribution in [3.8, 4) is 0 Å². The molecule has 0 bridgehead atoms. The molecule has 0 spiro atoms. The molecule has 0 aliphatic heterocycles. The van der Waals surface area contributed by atoms with Crippen molar-refractivity contribution < 1.29 is 5.21 Å². The fraction of sp³-hybridized carbons (Fsp3) is 0.214. The Labute approximate surface area is 117 Å². The molecule has 0 amide bonds. The first-order valence-corrected chi connectivity index (χ1v) is 6.17. The van der Waals surface area contributed by atoms with E-state index in [1.165, 1.54) is 17.3 Å². The van der Waals surface area contributed by atoms with Crippen LogP contribution < -0.4 is 10.6 Å². The number of amidine groups is 1. The van der Waals surface area contributed by atoms with Crippen molar-refractivity contribution in [3.05, 3.63) is 53.5 Å². The van der Waals surface area contributed by atoms with Gasteiger partial charge >= 0.3 is 0 Å². The predicted octanol–water partition coefficient (Wildman–Crippen LogP) is 1.52. The second-order valence-corrected chi connectivity index (χ2v) is 4.53. The number of benzene rings is 1. The van der Waals surface area contributed by atoms with Gasteiger partial charge in [-0.25, -0.2) is 9.97 Å². The standard InChI is InChI=1S/C14H17N5O/c1-10-5-3-4-6-11(10)9-19(2)13-8-16-12(7-17-13)14(15)18-20/h3-8,20H,9H2,1-2H3,(H2,15,18). The van der Waals surface area contributed by atoms with Gasteiger partial charge < -0.3 is 15.8 Å². The molecule has 2 aromatic rings. The van der Waals surface area contributed by atoms with Crippen LogP contribution >= 0.6 is 0 Å². The molecule has 3 N–H and O–H groups in total. The molecule has 0 saturated heterocycles. The maximum absolute atomic E-state index is 8.58. The minimum atomic E-state index is -0.0504. The Balaban J connectivity index is 2.14. The SMILES string of the molecule is Cc1ccccc1CN(C)c1cnc(C(N)=NO)cn1. The van der Waals surface area contributed by atoms with Gasteiger partial charge in [-0.15, -0.1) is 0 Å². The van der Waals surface area contributed by atoms with Crippen molar-refractivity contribution >= 4 is 11.7 Å². The monoisotopic (exact) mass is 271 g/mol. The Morgan fingerprint density at radius 1 is 1.30 bits per heavy atom. The summed E-state index contributed by atoms with van der Waals surface area (Å²) in [5, 5.41) is 11.5. The lowest BCUT2D eigenvalue weighted by atomic mass is 10.1. The van der Waals surface area contributed by atoms with E-state index < -0.39 is 0 Å². The number of hydrogen-bond donors (Lipinski definition) is 2. The molecule has 20 heavy (non-hydrogen) atoms. The third-order valence-corrected chi connectivity index (χ3v) is 3.07. The van der Waals surface area contributed by atoms with Gasteiger partial charge in [-0.05, 0) is 18.1 Å². The van der Waals surface area contributed by atoms with E-state index in [4.69, 9.17) is 10.9 Å². The fourth-order valence-electron chi connectivity index (χ4n) is 1.83. The minimum Gasteiger partial charge on any atom is -0.409 e. The zero-order valence-corrected chi connectivity index (χ0v) is 11.5. The van der Waals surface area contributed by atoms with Crippen molar-refractivity contribution in [3.63, 3.8) is 0 Å². The van der Waals surface area contributed by atoms with Crippen LogP contribution in [0, 0.1) is 6.92 Å². The maximum Gasteiger partial charge on any atom is 0.190 e. The molecule has 0 atom stereocenters. The molecule has 1 aromatic heterocycles. The number of aryl methyl sites for hydroxylation is 1. The molecule has 1 heterocycles. The van der Waals surface area contributed by atoms with Gasteiger partial charge in [0.2, 0.25) is 0 Å². The largest absolute Gasteiger partial charge is 0.409 e. The van der Waals surface area contributed by atoms with Gasteiger partial charge in [-0.1, -0.05) is 29.4 Å². The topological polar surface area (TPSA) is 87.6 Å².